The van der Waals surface area contributed by atoms with Crippen LogP contribution >= 0.6 is 15.9 Å². The molecule has 12 heavy (non-hydrogen) atoms. The molecule has 3 heteroatoms. The molecule has 66 valence electrons. The van der Waals surface area contributed by atoms with Crippen LogP contribution < -0.4 is 5.73 Å². The van der Waals surface area contributed by atoms with Crippen molar-refractivity contribution < 1.29 is 0 Å². The lowest BCUT2D eigenvalue weighted by Gasteiger charge is -2.15. The number of nitrogens with two attached hydrogens (primary N) is 1. The van der Waals surface area contributed by atoms with Crippen LogP contribution in [0.5, 0.6) is 0 Å². The van der Waals surface area contributed by atoms with E-state index in [1.807, 2.05) is 12.3 Å². The minimum Gasteiger partial charge on any atom is -0.324 e. The SMILES string of the molecule is CC(C)C(N)c1cncc(Br)c1. The van der Waals surface area contributed by atoms with Crippen LogP contribution in [0.1, 0.15) is 25.5 Å². The summed E-state index contributed by atoms with van der Waals surface area (Å²) in [5.41, 5.74) is 7.03. The van der Waals surface area contributed by atoms with Gasteiger partial charge in [0.05, 0.1) is 0 Å². The summed E-state index contributed by atoms with van der Waals surface area (Å²) in [6.45, 7) is 4.21. The first-order valence-corrected chi connectivity index (χ1v) is 4.76. The molecule has 1 heterocycles. The summed E-state index contributed by atoms with van der Waals surface area (Å²) in [5.74, 6) is 0.445. The van der Waals surface area contributed by atoms with Gasteiger partial charge in [-0.2, -0.15) is 0 Å². The molecule has 1 atom stereocenters. The van der Waals surface area contributed by atoms with Gasteiger partial charge in [0, 0.05) is 22.9 Å². The van der Waals surface area contributed by atoms with Crippen molar-refractivity contribution in [2.24, 2.45) is 11.7 Å². The summed E-state index contributed by atoms with van der Waals surface area (Å²) in [4.78, 5) is 4.06. The Bertz CT molecular complexity index is 260. The van der Waals surface area contributed by atoms with Crippen molar-refractivity contribution in [2.45, 2.75) is 19.9 Å². The molecule has 0 aromatic carbocycles. The van der Waals surface area contributed by atoms with Gasteiger partial charge in [-0.1, -0.05) is 13.8 Å². The van der Waals surface area contributed by atoms with Gasteiger partial charge in [0.25, 0.3) is 0 Å². The minimum atomic E-state index is 0.0787. The van der Waals surface area contributed by atoms with E-state index in [0.29, 0.717) is 5.92 Å². The van der Waals surface area contributed by atoms with E-state index in [9.17, 15) is 0 Å². The maximum absolute atomic E-state index is 5.95. The Kier molecular flexibility index (Phi) is 3.23. The Morgan fingerprint density at radius 1 is 1.42 bits per heavy atom. The van der Waals surface area contributed by atoms with Crippen LogP contribution in [0.25, 0.3) is 0 Å². The Morgan fingerprint density at radius 3 is 2.58 bits per heavy atom. The van der Waals surface area contributed by atoms with Crippen LogP contribution in [0.3, 0.4) is 0 Å². The van der Waals surface area contributed by atoms with Crippen LogP contribution in [-0.2, 0) is 0 Å². The highest BCUT2D eigenvalue weighted by Gasteiger charge is 2.10. The van der Waals surface area contributed by atoms with Crippen LogP contribution in [0, 0.1) is 5.92 Å². The van der Waals surface area contributed by atoms with E-state index >= 15 is 0 Å². The van der Waals surface area contributed by atoms with E-state index in [1.54, 1.807) is 6.20 Å². The minimum absolute atomic E-state index is 0.0787. The third-order valence-corrected chi connectivity index (χ3v) is 2.26. The summed E-state index contributed by atoms with van der Waals surface area (Å²) in [6.07, 6.45) is 3.58. The number of hydrogen-bond donors (Lipinski definition) is 1. The third-order valence-electron chi connectivity index (χ3n) is 1.83. The van der Waals surface area contributed by atoms with Crippen molar-refractivity contribution in [2.75, 3.05) is 0 Å². The lowest BCUT2D eigenvalue weighted by molar-refractivity contribution is 0.513. The Morgan fingerprint density at radius 2 is 2.08 bits per heavy atom. The molecule has 0 saturated carbocycles. The topological polar surface area (TPSA) is 38.9 Å². The average molecular weight is 229 g/mol. The zero-order valence-corrected chi connectivity index (χ0v) is 8.88. The summed E-state index contributed by atoms with van der Waals surface area (Å²) in [5, 5.41) is 0. The first-order chi connectivity index (χ1) is 5.61. The first kappa shape index (κ1) is 9.68. The molecular formula is C9H13BrN2. The molecule has 0 fully saturated rings. The fourth-order valence-corrected chi connectivity index (χ4v) is 1.38. The second-order valence-corrected chi connectivity index (χ2v) is 4.12. The monoisotopic (exact) mass is 228 g/mol. The number of halogens is 1. The Labute approximate surface area is 81.3 Å². The van der Waals surface area contributed by atoms with E-state index in [-0.39, 0.29) is 6.04 Å². The van der Waals surface area contributed by atoms with Gasteiger partial charge in [-0.3, -0.25) is 4.98 Å². The van der Waals surface area contributed by atoms with E-state index in [0.717, 1.165) is 10.0 Å². The molecule has 2 nitrogen and oxygen atoms in total. The van der Waals surface area contributed by atoms with Gasteiger partial charge in [-0.25, -0.2) is 0 Å². The van der Waals surface area contributed by atoms with Gasteiger partial charge in [0.1, 0.15) is 0 Å². The van der Waals surface area contributed by atoms with Crippen molar-refractivity contribution in [1.82, 2.24) is 4.98 Å². The normalized spacial score (nSPS) is 13.4. The van der Waals surface area contributed by atoms with Crippen molar-refractivity contribution in [3.63, 3.8) is 0 Å². The molecular weight excluding hydrogens is 216 g/mol. The van der Waals surface area contributed by atoms with Crippen molar-refractivity contribution >= 4 is 15.9 Å². The molecule has 1 aromatic heterocycles. The molecule has 1 unspecified atom stereocenters. The Hall–Kier alpha value is -0.410. The zero-order chi connectivity index (χ0) is 9.14. The van der Waals surface area contributed by atoms with Crippen molar-refractivity contribution in [1.29, 1.82) is 0 Å². The highest BCUT2D eigenvalue weighted by molar-refractivity contribution is 9.10. The molecule has 0 amide bonds. The second-order valence-electron chi connectivity index (χ2n) is 3.21. The van der Waals surface area contributed by atoms with Gasteiger partial charge in [0.2, 0.25) is 0 Å². The van der Waals surface area contributed by atoms with Crippen LogP contribution in [0.15, 0.2) is 22.9 Å². The van der Waals surface area contributed by atoms with Crippen molar-refractivity contribution in [3.8, 4) is 0 Å². The van der Waals surface area contributed by atoms with E-state index < -0.39 is 0 Å². The largest absolute Gasteiger partial charge is 0.324 e. The fraction of sp³-hybridized carbons (Fsp3) is 0.444. The smallest absolute Gasteiger partial charge is 0.0410 e. The average Bonchev–Trinajstić information content (AvgIpc) is 2.03. The fourth-order valence-electron chi connectivity index (χ4n) is 0.995. The van der Waals surface area contributed by atoms with Gasteiger partial charge in [0.15, 0.2) is 0 Å². The highest BCUT2D eigenvalue weighted by atomic mass is 79.9. The molecule has 1 aromatic rings. The quantitative estimate of drug-likeness (QED) is 0.846. The maximum atomic E-state index is 5.95. The molecule has 1 rings (SSSR count). The number of aromatic nitrogens is 1. The lowest BCUT2D eigenvalue weighted by Crippen LogP contribution is -2.16. The standard InChI is InChI=1S/C9H13BrN2/c1-6(2)9(11)7-3-8(10)5-12-4-7/h3-6,9H,11H2,1-2H3. The summed E-state index contributed by atoms with van der Waals surface area (Å²) < 4.78 is 0.983. The molecule has 0 spiro atoms. The van der Waals surface area contributed by atoms with Gasteiger partial charge < -0.3 is 5.73 Å². The number of pyridine rings is 1. The molecule has 0 radical (unpaired) electrons. The molecule has 0 aliphatic carbocycles. The van der Waals surface area contributed by atoms with E-state index in [2.05, 4.69) is 34.8 Å². The summed E-state index contributed by atoms with van der Waals surface area (Å²) in [6, 6.07) is 2.09. The predicted octanol–water partition coefficient (Wildman–Crippen LogP) is 2.50. The van der Waals surface area contributed by atoms with E-state index in [4.69, 9.17) is 5.73 Å². The first-order valence-electron chi connectivity index (χ1n) is 3.97. The molecule has 2 N–H and O–H groups in total. The summed E-state index contributed by atoms with van der Waals surface area (Å²) in [7, 11) is 0. The van der Waals surface area contributed by atoms with Crippen LogP contribution in [0.2, 0.25) is 0 Å². The van der Waals surface area contributed by atoms with Gasteiger partial charge in [-0.05, 0) is 33.5 Å². The third kappa shape index (κ3) is 2.29. The second kappa shape index (κ2) is 4.01. The van der Waals surface area contributed by atoms with Crippen LogP contribution in [-0.4, -0.2) is 4.98 Å². The molecule has 0 aliphatic heterocycles. The van der Waals surface area contributed by atoms with Gasteiger partial charge in [-0.15, -0.1) is 0 Å². The zero-order valence-electron chi connectivity index (χ0n) is 7.29. The maximum Gasteiger partial charge on any atom is 0.0410 e. The summed E-state index contributed by atoms with van der Waals surface area (Å²) >= 11 is 3.36. The van der Waals surface area contributed by atoms with Crippen LogP contribution in [0.4, 0.5) is 0 Å². The molecule has 0 saturated heterocycles. The molecule has 0 bridgehead atoms. The Balaban J connectivity index is 2.88. The predicted molar refractivity (Wildman–Crippen MR) is 53.7 cm³/mol. The van der Waals surface area contributed by atoms with Gasteiger partial charge >= 0.3 is 0 Å². The lowest BCUT2D eigenvalue weighted by atomic mass is 9.99. The number of nitrogens with zero attached hydrogens (tertiary/aromatic N) is 1. The molecule has 0 aliphatic rings. The number of rotatable bonds is 2. The number of hydrogen-bond acceptors (Lipinski definition) is 2. The van der Waals surface area contributed by atoms with E-state index in [1.165, 1.54) is 0 Å². The van der Waals surface area contributed by atoms with Crippen molar-refractivity contribution in [3.05, 3.63) is 28.5 Å². The highest BCUT2D eigenvalue weighted by Crippen LogP contribution is 2.20.